The first-order valence-corrected chi connectivity index (χ1v) is 5.35. The lowest BCUT2D eigenvalue weighted by Crippen LogP contribution is -2.38. The second-order valence-electron chi connectivity index (χ2n) is 1.66. The number of alkyl halides is 4. The van der Waals surface area contributed by atoms with E-state index in [9.17, 15) is 13.2 Å². The molecule has 0 aliphatic rings. The third-order valence-electron chi connectivity index (χ3n) is 0.809. The zero-order chi connectivity index (χ0) is 10.2. The molecule has 0 amide bonds. The zero-order valence-electron chi connectivity index (χ0n) is 5.17. The molecule has 1 N–H and O–H groups in total. The van der Waals surface area contributed by atoms with Crippen LogP contribution >= 0.6 is 46.4 Å². The molecule has 0 aliphatic carbocycles. The third-order valence-corrected chi connectivity index (χ3v) is 3.60. The van der Waals surface area contributed by atoms with Crippen molar-refractivity contribution in [3.8, 4) is 0 Å². The molecular formula is C3H2Cl4O4S. The molecule has 0 fully saturated rings. The predicted octanol–water partition coefficient (Wildman–Crippen LogP) is 1.38. The van der Waals surface area contributed by atoms with Crippen molar-refractivity contribution in [2.45, 2.75) is 8.50 Å². The van der Waals surface area contributed by atoms with E-state index in [0.717, 1.165) is 0 Å². The summed E-state index contributed by atoms with van der Waals surface area (Å²) in [5, 5.41) is 0. The van der Waals surface area contributed by atoms with Crippen LogP contribution in [-0.2, 0) is 14.9 Å². The third kappa shape index (κ3) is 2.61. The Balaban J connectivity index is 5.01. The molecule has 0 radical (unpaired) electrons. The van der Waals surface area contributed by atoms with E-state index in [2.05, 4.69) is 0 Å². The predicted molar refractivity (Wildman–Crippen MR) is 46.5 cm³/mol. The standard InChI is InChI=1S/C3H2Cl4O4S/c4-2(5)1(8)3(6,7)12(9,10)11/h2H,(H,9,10,11). The Morgan fingerprint density at radius 2 is 1.67 bits per heavy atom. The Bertz CT molecular complexity index is 281. The average Bonchev–Trinajstić information content (AvgIpc) is 1.83. The van der Waals surface area contributed by atoms with Crippen molar-refractivity contribution >= 4 is 62.3 Å². The Kier molecular flexibility index (Phi) is 4.09. The molecular weight excluding hydrogens is 274 g/mol. The van der Waals surface area contributed by atoms with Gasteiger partial charge in [-0.15, -0.1) is 0 Å². The molecule has 0 aliphatic heterocycles. The van der Waals surface area contributed by atoms with Crippen molar-refractivity contribution in [2.24, 2.45) is 0 Å². The number of hydrogen-bond acceptors (Lipinski definition) is 3. The van der Waals surface area contributed by atoms with E-state index >= 15 is 0 Å². The van der Waals surface area contributed by atoms with Gasteiger partial charge in [-0.1, -0.05) is 46.4 Å². The van der Waals surface area contributed by atoms with Crippen molar-refractivity contribution < 1.29 is 17.8 Å². The summed E-state index contributed by atoms with van der Waals surface area (Å²) in [5.41, 5.74) is 0. The first-order chi connectivity index (χ1) is 5.10. The van der Waals surface area contributed by atoms with Crippen LogP contribution in [0.25, 0.3) is 0 Å². The first kappa shape index (κ1) is 12.7. The van der Waals surface area contributed by atoms with Gasteiger partial charge >= 0.3 is 13.8 Å². The SMILES string of the molecule is O=C(C(Cl)Cl)C(Cl)(Cl)S(=O)(=O)O. The maximum absolute atomic E-state index is 10.7. The van der Waals surface area contributed by atoms with Gasteiger partial charge in [-0.25, -0.2) is 0 Å². The van der Waals surface area contributed by atoms with E-state index in [1.807, 2.05) is 0 Å². The number of carbonyl (C=O) groups excluding carboxylic acids is 1. The van der Waals surface area contributed by atoms with Crippen LogP contribution in [0.15, 0.2) is 0 Å². The summed E-state index contributed by atoms with van der Waals surface area (Å²) in [4.78, 5) is 9.02. The molecule has 9 heteroatoms. The maximum Gasteiger partial charge on any atom is 0.307 e. The molecule has 0 atom stereocenters. The molecule has 12 heavy (non-hydrogen) atoms. The van der Waals surface area contributed by atoms with Gasteiger partial charge in [0.2, 0.25) is 5.78 Å². The van der Waals surface area contributed by atoms with Crippen LogP contribution in [0.5, 0.6) is 0 Å². The Labute approximate surface area is 88.5 Å². The van der Waals surface area contributed by atoms with E-state index in [4.69, 9.17) is 51.0 Å². The van der Waals surface area contributed by atoms with Crippen LogP contribution < -0.4 is 0 Å². The van der Waals surface area contributed by atoms with Gasteiger partial charge in [0, 0.05) is 0 Å². The van der Waals surface area contributed by atoms with Crippen molar-refractivity contribution in [1.82, 2.24) is 0 Å². The van der Waals surface area contributed by atoms with Crippen molar-refractivity contribution in [3.63, 3.8) is 0 Å². The Morgan fingerprint density at radius 3 is 1.75 bits per heavy atom. The highest BCUT2D eigenvalue weighted by Gasteiger charge is 2.49. The van der Waals surface area contributed by atoms with Gasteiger partial charge < -0.3 is 0 Å². The number of ketones is 1. The highest BCUT2D eigenvalue weighted by Crippen LogP contribution is 2.31. The Hall–Kier alpha value is 0.740. The Morgan fingerprint density at radius 1 is 1.33 bits per heavy atom. The largest absolute Gasteiger partial charge is 0.307 e. The molecule has 72 valence electrons. The van der Waals surface area contributed by atoms with Crippen LogP contribution in [-0.4, -0.2) is 27.3 Å². The monoisotopic (exact) mass is 274 g/mol. The quantitative estimate of drug-likeness (QED) is 0.624. The lowest BCUT2D eigenvalue weighted by atomic mass is 10.5. The van der Waals surface area contributed by atoms with Crippen LogP contribution in [0, 0.1) is 0 Å². The minimum Gasteiger partial charge on any atom is -0.292 e. The average molecular weight is 276 g/mol. The fraction of sp³-hybridized carbons (Fsp3) is 0.667. The summed E-state index contributed by atoms with van der Waals surface area (Å²) < 4.78 is 26.0. The summed E-state index contributed by atoms with van der Waals surface area (Å²) in [6, 6.07) is 0. The van der Waals surface area contributed by atoms with Crippen molar-refractivity contribution in [3.05, 3.63) is 0 Å². The molecule has 0 bridgehead atoms. The van der Waals surface area contributed by atoms with Crippen LogP contribution in [0.4, 0.5) is 0 Å². The van der Waals surface area contributed by atoms with Gasteiger partial charge in [0.25, 0.3) is 0 Å². The molecule has 0 aromatic heterocycles. The summed E-state index contributed by atoms with van der Waals surface area (Å²) in [5.74, 6) is -1.42. The number of halogens is 4. The molecule has 0 spiro atoms. The van der Waals surface area contributed by atoms with Gasteiger partial charge in [-0.3, -0.25) is 9.35 Å². The van der Waals surface area contributed by atoms with E-state index < -0.39 is 24.4 Å². The van der Waals surface area contributed by atoms with Gasteiger partial charge in [0.1, 0.15) is 0 Å². The van der Waals surface area contributed by atoms with Gasteiger partial charge in [-0.05, 0) is 0 Å². The minimum atomic E-state index is -4.93. The first-order valence-electron chi connectivity index (χ1n) is 2.28. The molecule has 0 aromatic rings. The molecule has 0 saturated carbocycles. The molecule has 0 aromatic carbocycles. The van der Waals surface area contributed by atoms with Crippen LogP contribution in [0.3, 0.4) is 0 Å². The van der Waals surface area contributed by atoms with Gasteiger partial charge in [0.15, 0.2) is 4.84 Å². The van der Waals surface area contributed by atoms with E-state index in [1.54, 1.807) is 0 Å². The molecule has 4 nitrogen and oxygen atoms in total. The second kappa shape index (κ2) is 3.86. The van der Waals surface area contributed by atoms with Crippen molar-refractivity contribution in [1.29, 1.82) is 0 Å². The summed E-state index contributed by atoms with van der Waals surface area (Å²) in [7, 11) is -4.93. The van der Waals surface area contributed by atoms with E-state index in [0.29, 0.717) is 0 Å². The minimum absolute atomic E-state index is 1.42. The fourth-order valence-electron chi connectivity index (χ4n) is 0.254. The summed E-state index contributed by atoms with van der Waals surface area (Å²) >= 11 is 19.9. The lowest BCUT2D eigenvalue weighted by Gasteiger charge is -2.14. The topological polar surface area (TPSA) is 71.4 Å². The molecule has 0 saturated heterocycles. The highest BCUT2D eigenvalue weighted by atomic mass is 35.5. The highest BCUT2D eigenvalue weighted by molar-refractivity contribution is 7.91. The van der Waals surface area contributed by atoms with Gasteiger partial charge in [-0.2, -0.15) is 8.42 Å². The van der Waals surface area contributed by atoms with Crippen molar-refractivity contribution in [2.75, 3.05) is 0 Å². The zero-order valence-corrected chi connectivity index (χ0v) is 9.01. The smallest absolute Gasteiger partial charge is 0.292 e. The van der Waals surface area contributed by atoms with E-state index in [-0.39, 0.29) is 0 Å². The molecule has 0 rings (SSSR count). The summed E-state index contributed by atoms with van der Waals surface area (Å²) in [6.45, 7) is 0. The van der Waals surface area contributed by atoms with Crippen LogP contribution in [0.2, 0.25) is 0 Å². The molecule has 0 unspecified atom stereocenters. The normalized spacial score (nSPS) is 13.5. The molecule has 0 heterocycles. The van der Waals surface area contributed by atoms with Crippen LogP contribution in [0.1, 0.15) is 0 Å². The van der Waals surface area contributed by atoms with Gasteiger partial charge in [0.05, 0.1) is 0 Å². The number of Topliss-reactive ketones (excluding diaryl/α,β-unsaturated/α-hetero) is 1. The van der Waals surface area contributed by atoms with E-state index in [1.165, 1.54) is 0 Å². The maximum atomic E-state index is 10.7. The second-order valence-corrected chi connectivity index (χ2v) is 6.09. The number of carbonyl (C=O) groups is 1. The number of rotatable bonds is 3. The number of hydrogen-bond donors (Lipinski definition) is 1. The fourth-order valence-corrected chi connectivity index (χ4v) is 1.52. The summed E-state index contributed by atoms with van der Waals surface area (Å²) in [6.07, 6.45) is 0. The lowest BCUT2D eigenvalue weighted by molar-refractivity contribution is -0.116.